The van der Waals surface area contributed by atoms with Crippen LogP contribution in [-0.2, 0) is 9.47 Å². The molecule has 0 spiro atoms. The Morgan fingerprint density at radius 3 is 2.50 bits per heavy atom. The van der Waals surface area contributed by atoms with E-state index in [-0.39, 0.29) is 17.6 Å². The number of carbonyl (C=O) groups is 1. The van der Waals surface area contributed by atoms with Crippen molar-refractivity contribution in [1.29, 1.82) is 0 Å². The molecule has 5 heteroatoms. The van der Waals surface area contributed by atoms with Crippen LogP contribution >= 0.6 is 0 Å². The first-order valence-corrected chi connectivity index (χ1v) is 8.40. The summed E-state index contributed by atoms with van der Waals surface area (Å²) >= 11 is 0. The zero-order chi connectivity index (χ0) is 17.0. The molecular formula is C17H34N2O3. The van der Waals surface area contributed by atoms with E-state index in [0.717, 1.165) is 26.0 Å². The summed E-state index contributed by atoms with van der Waals surface area (Å²) in [5.41, 5.74) is -0.274. The van der Waals surface area contributed by atoms with Gasteiger partial charge in [0.25, 0.3) is 0 Å². The van der Waals surface area contributed by atoms with Gasteiger partial charge in [0.15, 0.2) is 0 Å². The molecule has 1 aliphatic carbocycles. The highest BCUT2D eigenvalue weighted by Gasteiger charge is 2.48. The second-order valence-electron chi connectivity index (χ2n) is 7.84. The molecule has 3 unspecified atom stereocenters. The van der Waals surface area contributed by atoms with Gasteiger partial charge in [0.1, 0.15) is 5.60 Å². The highest BCUT2D eigenvalue weighted by molar-refractivity contribution is 5.67. The Hall–Kier alpha value is -0.810. The maximum Gasteiger partial charge on any atom is 0.407 e. The molecule has 5 nitrogen and oxygen atoms in total. The molecule has 1 saturated carbocycles. The van der Waals surface area contributed by atoms with Gasteiger partial charge in [0.2, 0.25) is 0 Å². The molecule has 0 aromatic rings. The fraction of sp³-hybridized carbons (Fsp3) is 0.941. The SMILES string of the molecule is CCOC1CC(NCCC(C)NC(=O)OC(C)(C)C)C1(C)C. The van der Waals surface area contributed by atoms with Crippen LogP contribution < -0.4 is 10.6 Å². The summed E-state index contributed by atoms with van der Waals surface area (Å²) in [6, 6.07) is 0.575. The standard InChI is InChI=1S/C17H34N2O3/c1-8-21-14-11-13(17(14,6)7)18-10-9-12(2)19-15(20)22-16(3,4)5/h12-14,18H,8-11H2,1-7H3,(H,19,20). The van der Waals surface area contributed by atoms with Gasteiger partial charge in [-0.1, -0.05) is 13.8 Å². The van der Waals surface area contributed by atoms with E-state index in [1.807, 2.05) is 34.6 Å². The van der Waals surface area contributed by atoms with Gasteiger partial charge in [-0.05, 0) is 54.0 Å². The van der Waals surface area contributed by atoms with Crippen molar-refractivity contribution < 1.29 is 14.3 Å². The lowest BCUT2D eigenvalue weighted by Crippen LogP contribution is -2.61. The van der Waals surface area contributed by atoms with E-state index in [1.165, 1.54) is 0 Å². The highest BCUT2D eigenvalue weighted by Crippen LogP contribution is 2.42. The average molecular weight is 314 g/mol. The second kappa shape index (κ2) is 7.64. The molecule has 130 valence electrons. The molecule has 0 saturated heterocycles. The van der Waals surface area contributed by atoms with Crippen molar-refractivity contribution in [2.24, 2.45) is 5.41 Å². The lowest BCUT2D eigenvalue weighted by atomic mass is 9.64. The summed E-state index contributed by atoms with van der Waals surface area (Å²) < 4.78 is 11.0. The molecule has 0 aliphatic heterocycles. The van der Waals surface area contributed by atoms with E-state index in [0.29, 0.717) is 12.1 Å². The first kappa shape index (κ1) is 19.2. The van der Waals surface area contributed by atoms with Crippen LogP contribution in [0.2, 0.25) is 0 Å². The fourth-order valence-corrected chi connectivity index (χ4v) is 2.77. The molecule has 0 bridgehead atoms. The number of nitrogens with one attached hydrogen (secondary N) is 2. The van der Waals surface area contributed by atoms with Crippen LogP contribution in [0, 0.1) is 5.41 Å². The van der Waals surface area contributed by atoms with Gasteiger partial charge in [-0.15, -0.1) is 0 Å². The Morgan fingerprint density at radius 2 is 2.00 bits per heavy atom. The quantitative estimate of drug-likeness (QED) is 0.758. The molecule has 0 aromatic carbocycles. The molecule has 0 aromatic heterocycles. The highest BCUT2D eigenvalue weighted by atomic mass is 16.6. The predicted octanol–water partition coefficient (Wildman–Crippen LogP) is 3.08. The van der Waals surface area contributed by atoms with Crippen molar-refractivity contribution in [3.8, 4) is 0 Å². The topological polar surface area (TPSA) is 59.6 Å². The fourth-order valence-electron chi connectivity index (χ4n) is 2.77. The summed E-state index contributed by atoms with van der Waals surface area (Å²) in [7, 11) is 0. The molecule has 1 rings (SSSR count). The molecule has 1 aliphatic rings. The Balaban J connectivity index is 2.21. The number of amides is 1. The number of ether oxygens (including phenoxy) is 2. The van der Waals surface area contributed by atoms with Gasteiger partial charge in [0.05, 0.1) is 6.10 Å². The van der Waals surface area contributed by atoms with Crippen LogP contribution in [0.4, 0.5) is 4.79 Å². The second-order valence-corrected chi connectivity index (χ2v) is 7.84. The Labute approximate surface area is 135 Å². The number of alkyl carbamates (subject to hydrolysis) is 1. The summed E-state index contributed by atoms with van der Waals surface area (Å²) in [6.07, 6.45) is 1.95. The van der Waals surface area contributed by atoms with Crippen LogP contribution in [0.25, 0.3) is 0 Å². The Morgan fingerprint density at radius 1 is 1.36 bits per heavy atom. The maximum absolute atomic E-state index is 11.7. The zero-order valence-corrected chi connectivity index (χ0v) is 15.3. The zero-order valence-electron chi connectivity index (χ0n) is 15.3. The lowest BCUT2D eigenvalue weighted by molar-refractivity contribution is -0.114. The number of hydrogen-bond donors (Lipinski definition) is 2. The smallest absolute Gasteiger partial charge is 0.407 e. The molecule has 22 heavy (non-hydrogen) atoms. The van der Waals surface area contributed by atoms with Crippen LogP contribution in [0.3, 0.4) is 0 Å². The Bertz CT molecular complexity index is 363. The molecule has 0 radical (unpaired) electrons. The van der Waals surface area contributed by atoms with Gasteiger partial charge < -0.3 is 20.1 Å². The normalized spacial score (nSPS) is 25.2. The first-order chi connectivity index (χ1) is 10.1. The summed E-state index contributed by atoms with van der Waals surface area (Å²) in [5.74, 6) is 0. The van der Waals surface area contributed by atoms with Gasteiger partial charge in [-0.25, -0.2) is 4.79 Å². The number of hydrogen-bond acceptors (Lipinski definition) is 4. The minimum atomic E-state index is -0.452. The Kier molecular flexibility index (Phi) is 6.68. The van der Waals surface area contributed by atoms with E-state index in [2.05, 4.69) is 24.5 Å². The van der Waals surface area contributed by atoms with Crippen molar-refractivity contribution >= 4 is 6.09 Å². The number of carbonyl (C=O) groups excluding carboxylic acids is 1. The van der Waals surface area contributed by atoms with E-state index < -0.39 is 5.60 Å². The van der Waals surface area contributed by atoms with E-state index in [9.17, 15) is 4.79 Å². The molecule has 3 atom stereocenters. The summed E-state index contributed by atoms with van der Waals surface area (Å²) in [5, 5.41) is 6.45. The van der Waals surface area contributed by atoms with Gasteiger partial charge in [-0.2, -0.15) is 0 Å². The van der Waals surface area contributed by atoms with E-state index in [1.54, 1.807) is 0 Å². The number of rotatable bonds is 7. The van der Waals surface area contributed by atoms with Crippen LogP contribution in [0.1, 0.15) is 61.3 Å². The average Bonchev–Trinajstić information content (AvgIpc) is 2.34. The summed E-state index contributed by atoms with van der Waals surface area (Å²) in [4.78, 5) is 11.7. The van der Waals surface area contributed by atoms with E-state index >= 15 is 0 Å². The summed E-state index contributed by atoms with van der Waals surface area (Å²) in [6.45, 7) is 15.8. The van der Waals surface area contributed by atoms with Gasteiger partial charge in [0, 0.05) is 24.1 Å². The third kappa shape index (κ3) is 5.76. The van der Waals surface area contributed by atoms with Crippen molar-refractivity contribution in [3.05, 3.63) is 0 Å². The lowest BCUT2D eigenvalue weighted by Gasteiger charge is -2.52. The van der Waals surface area contributed by atoms with Gasteiger partial charge >= 0.3 is 6.09 Å². The third-order valence-electron chi connectivity index (χ3n) is 4.28. The monoisotopic (exact) mass is 314 g/mol. The molecular weight excluding hydrogens is 280 g/mol. The van der Waals surface area contributed by atoms with E-state index in [4.69, 9.17) is 9.47 Å². The van der Waals surface area contributed by atoms with Crippen LogP contribution in [-0.4, -0.2) is 43.0 Å². The van der Waals surface area contributed by atoms with Crippen molar-refractivity contribution in [2.45, 2.75) is 85.1 Å². The third-order valence-corrected chi connectivity index (χ3v) is 4.28. The van der Waals surface area contributed by atoms with Gasteiger partial charge in [-0.3, -0.25) is 0 Å². The van der Waals surface area contributed by atoms with Crippen molar-refractivity contribution in [3.63, 3.8) is 0 Å². The maximum atomic E-state index is 11.7. The minimum absolute atomic E-state index is 0.0910. The minimum Gasteiger partial charge on any atom is -0.444 e. The molecule has 1 amide bonds. The largest absolute Gasteiger partial charge is 0.444 e. The molecule has 0 heterocycles. The predicted molar refractivity (Wildman–Crippen MR) is 89.1 cm³/mol. The first-order valence-electron chi connectivity index (χ1n) is 8.40. The van der Waals surface area contributed by atoms with Crippen LogP contribution in [0.15, 0.2) is 0 Å². The van der Waals surface area contributed by atoms with Crippen molar-refractivity contribution in [2.75, 3.05) is 13.2 Å². The van der Waals surface area contributed by atoms with Crippen LogP contribution in [0.5, 0.6) is 0 Å². The molecule has 1 fully saturated rings. The molecule has 2 N–H and O–H groups in total. The van der Waals surface area contributed by atoms with Crippen molar-refractivity contribution in [1.82, 2.24) is 10.6 Å².